The number of fused-ring (bicyclic) bond motifs is 5. The van der Waals surface area contributed by atoms with Crippen LogP contribution in [0.1, 0.15) is 78.6 Å². The molecule has 0 spiro atoms. The molecular weight excluding hydrogens is 365 g/mol. The Morgan fingerprint density at radius 2 is 1.54 bits per heavy atom. The molecule has 0 aliphatic heterocycles. The van der Waals surface area contributed by atoms with E-state index >= 15 is 0 Å². The van der Waals surface area contributed by atoms with Gasteiger partial charge in [-0.25, -0.2) is 0 Å². The second-order valence-corrected chi connectivity index (χ2v) is 11.2. The molecule has 28 heavy (non-hydrogen) atoms. The van der Waals surface area contributed by atoms with Crippen LogP contribution in [0.3, 0.4) is 0 Å². The minimum Gasteiger partial charge on any atom is -0.393 e. The lowest BCUT2D eigenvalue weighted by Gasteiger charge is -2.61. The van der Waals surface area contributed by atoms with E-state index in [0.29, 0.717) is 29.1 Å². The summed E-state index contributed by atoms with van der Waals surface area (Å²) in [5.41, 5.74) is 0.211. The van der Waals surface area contributed by atoms with Gasteiger partial charge in [0, 0.05) is 0 Å². The van der Waals surface area contributed by atoms with Crippen LogP contribution < -0.4 is 0 Å². The summed E-state index contributed by atoms with van der Waals surface area (Å²) in [7, 11) is 0. The highest BCUT2D eigenvalue weighted by atomic mass is 19.4. The number of halogens is 3. The third-order valence-corrected chi connectivity index (χ3v) is 10.2. The SMILES string of the molecule is C[C@@H]([C@H]1CC[C@H]2[C@@H]3CC[C@@H]4C[C@H](O)CC[C@]4(C)[C@H]3CC[C@@]12C)[C@H](O)C(F)(F)F. The Morgan fingerprint density at radius 1 is 0.893 bits per heavy atom. The maximum Gasteiger partial charge on any atom is 0.414 e. The average Bonchev–Trinajstić information content (AvgIpc) is 2.97. The molecule has 0 heterocycles. The van der Waals surface area contributed by atoms with E-state index in [4.69, 9.17) is 0 Å². The van der Waals surface area contributed by atoms with E-state index < -0.39 is 18.2 Å². The van der Waals surface area contributed by atoms with Crippen molar-refractivity contribution in [3.8, 4) is 0 Å². The first-order valence-corrected chi connectivity index (χ1v) is 11.4. The lowest BCUT2D eigenvalue weighted by Crippen LogP contribution is -2.54. The summed E-state index contributed by atoms with van der Waals surface area (Å²) in [6.07, 6.45) is 2.29. The number of aliphatic hydroxyl groups is 2. The normalized spacial score (nSPS) is 51.0. The van der Waals surface area contributed by atoms with Gasteiger partial charge in [0.05, 0.1) is 6.10 Å². The van der Waals surface area contributed by atoms with Crippen molar-refractivity contribution in [2.45, 2.75) is 96.9 Å². The summed E-state index contributed by atoms with van der Waals surface area (Å²) >= 11 is 0. The lowest BCUT2D eigenvalue weighted by molar-refractivity contribution is -0.228. The first kappa shape index (κ1) is 21.0. The van der Waals surface area contributed by atoms with Crippen LogP contribution in [0.4, 0.5) is 13.2 Å². The smallest absolute Gasteiger partial charge is 0.393 e. The molecule has 0 aromatic rings. The standard InChI is InChI=1S/C23H37F3O2/c1-13(20(28)23(24,25)26)17-6-7-18-16-5-4-14-12-15(27)8-10-21(14,2)19(16)9-11-22(17,18)3/h13-20,27-28H,4-12H2,1-3H3/t13-,14+,15+,16-,17+,18-,19-,20-,21-,22-/m0/s1. The fraction of sp³-hybridized carbons (Fsp3) is 1.00. The van der Waals surface area contributed by atoms with Gasteiger partial charge in [-0.15, -0.1) is 0 Å². The molecule has 10 atom stereocenters. The first-order valence-electron chi connectivity index (χ1n) is 11.4. The fourth-order valence-corrected chi connectivity index (χ4v) is 8.66. The third kappa shape index (κ3) is 3.05. The van der Waals surface area contributed by atoms with Gasteiger partial charge in [-0.2, -0.15) is 13.2 Å². The van der Waals surface area contributed by atoms with E-state index in [1.807, 2.05) is 0 Å². The third-order valence-electron chi connectivity index (χ3n) is 10.2. The summed E-state index contributed by atoms with van der Waals surface area (Å²) in [6.45, 7) is 6.28. The quantitative estimate of drug-likeness (QED) is 0.634. The van der Waals surface area contributed by atoms with Gasteiger partial charge in [-0.3, -0.25) is 0 Å². The first-order chi connectivity index (χ1) is 13.0. The zero-order valence-corrected chi connectivity index (χ0v) is 17.5. The fourth-order valence-electron chi connectivity index (χ4n) is 8.66. The zero-order valence-electron chi connectivity index (χ0n) is 17.5. The summed E-state index contributed by atoms with van der Waals surface area (Å²) in [5.74, 6) is 1.57. The molecule has 2 N–H and O–H groups in total. The van der Waals surface area contributed by atoms with Crippen molar-refractivity contribution in [1.29, 1.82) is 0 Å². The van der Waals surface area contributed by atoms with Crippen LogP contribution in [-0.2, 0) is 0 Å². The molecule has 0 amide bonds. The largest absolute Gasteiger partial charge is 0.414 e. The van der Waals surface area contributed by atoms with Gasteiger partial charge in [0.2, 0.25) is 0 Å². The average molecular weight is 403 g/mol. The van der Waals surface area contributed by atoms with Crippen molar-refractivity contribution in [2.24, 2.45) is 46.3 Å². The molecule has 4 aliphatic rings. The number of rotatable bonds is 2. The van der Waals surface area contributed by atoms with E-state index in [1.54, 1.807) is 6.92 Å². The van der Waals surface area contributed by atoms with Gasteiger partial charge < -0.3 is 10.2 Å². The molecule has 4 fully saturated rings. The van der Waals surface area contributed by atoms with Gasteiger partial charge in [-0.05, 0) is 104 Å². The second kappa shape index (κ2) is 6.87. The van der Waals surface area contributed by atoms with Crippen LogP contribution in [0, 0.1) is 46.3 Å². The Labute approximate surface area is 167 Å². The molecule has 4 rings (SSSR count). The highest BCUT2D eigenvalue weighted by molar-refractivity contribution is 5.10. The monoisotopic (exact) mass is 402 g/mol. The zero-order chi connectivity index (χ0) is 20.5. The number of hydrogen-bond acceptors (Lipinski definition) is 2. The molecule has 5 heteroatoms. The summed E-state index contributed by atoms with van der Waals surface area (Å²) < 4.78 is 39.5. The van der Waals surface area contributed by atoms with Crippen LogP contribution in [0.15, 0.2) is 0 Å². The molecule has 4 aliphatic carbocycles. The molecule has 0 radical (unpaired) electrons. The van der Waals surface area contributed by atoms with Crippen molar-refractivity contribution in [2.75, 3.05) is 0 Å². The molecule has 0 saturated heterocycles. The molecule has 4 saturated carbocycles. The Balaban J connectivity index is 1.55. The van der Waals surface area contributed by atoms with E-state index in [0.717, 1.165) is 51.4 Å². The Kier molecular flexibility index (Phi) is 5.14. The minimum absolute atomic E-state index is 0.0474. The van der Waals surface area contributed by atoms with Gasteiger partial charge in [-0.1, -0.05) is 20.8 Å². The van der Waals surface area contributed by atoms with Crippen molar-refractivity contribution < 1.29 is 23.4 Å². The van der Waals surface area contributed by atoms with Crippen molar-refractivity contribution in [3.05, 3.63) is 0 Å². The predicted octanol–water partition coefficient (Wildman–Crippen LogP) is 5.57. The summed E-state index contributed by atoms with van der Waals surface area (Å²) in [5, 5.41) is 20.1. The molecule has 0 aromatic carbocycles. The van der Waals surface area contributed by atoms with Gasteiger partial charge in [0.15, 0.2) is 6.10 Å². The van der Waals surface area contributed by atoms with Gasteiger partial charge in [0.25, 0.3) is 0 Å². The molecule has 0 bridgehead atoms. The Bertz CT molecular complexity index is 593. The van der Waals surface area contributed by atoms with Crippen molar-refractivity contribution in [1.82, 2.24) is 0 Å². The van der Waals surface area contributed by atoms with E-state index in [1.165, 1.54) is 6.42 Å². The van der Waals surface area contributed by atoms with Gasteiger partial charge in [0.1, 0.15) is 0 Å². The summed E-state index contributed by atoms with van der Waals surface area (Å²) in [4.78, 5) is 0. The van der Waals surface area contributed by atoms with Crippen LogP contribution in [0.2, 0.25) is 0 Å². The number of hydrogen-bond donors (Lipinski definition) is 2. The highest BCUT2D eigenvalue weighted by Gasteiger charge is 2.62. The van der Waals surface area contributed by atoms with Crippen LogP contribution in [0.5, 0.6) is 0 Å². The molecule has 162 valence electrons. The Morgan fingerprint density at radius 3 is 2.21 bits per heavy atom. The molecule has 0 unspecified atom stereocenters. The van der Waals surface area contributed by atoms with E-state index in [9.17, 15) is 23.4 Å². The van der Waals surface area contributed by atoms with Gasteiger partial charge >= 0.3 is 6.18 Å². The highest BCUT2D eigenvalue weighted by Crippen LogP contribution is 2.68. The van der Waals surface area contributed by atoms with E-state index in [-0.39, 0.29) is 17.4 Å². The lowest BCUT2D eigenvalue weighted by atomic mass is 9.44. The summed E-state index contributed by atoms with van der Waals surface area (Å²) in [6, 6.07) is 0. The number of alkyl halides is 3. The maximum atomic E-state index is 13.2. The van der Waals surface area contributed by atoms with Crippen LogP contribution >= 0.6 is 0 Å². The maximum absolute atomic E-state index is 13.2. The van der Waals surface area contributed by atoms with Crippen LogP contribution in [-0.4, -0.2) is 28.6 Å². The minimum atomic E-state index is -4.53. The van der Waals surface area contributed by atoms with Crippen LogP contribution in [0.25, 0.3) is 0 Å². The Hall–Kier alpha value is -0.290. The topological polar surface area (TPSA) is 40.5 Å². The second-order valence-electron chi connectivity index (χ2n) is 11.2. The molecule has 0 aromatic heterocycles. The van der Waals surface area contributed by atoms with E-state index in [2.05, 4.69) is 13.8 Å². The number of aliphatic hydroxyl groups excluding tert-OH is 2. The van der Waals surface area contributed by atoms with Crippen molar-refractivity contribution >= 4 is 0 Å². The molecular formula is C23H37F3O2. The van der Waals surface area contributed by atoms with Crippen molar-refractivity contribution in [3.63, 3.8) is 0 Å². The predicted molar refractivity (Wildman–Crippen MR) is 102 cm³/mol. The molecule has 2 nitrogen and oxygen atoms in total.